The maximum Gasteiger partial charge on any atom is 0.354 e. The predicted molar refractivity (Wildman–Crippen MR) is 63.4 cm³/mol. The molecular formula is C12H12ClNO2. The van der Waals surface area contributed by atoms with Crippen LogP contribution in [-0.2, 0) is 14.4 Å². The molecule has 0 fully saturated rings. The van der Waals surface area contributed by atoms with Crippen molar-refractivity contribution in [2.45, 2.75) is 18.7 Å². The van der Waals surface area contributed by atoms with Crippen molar-refractivity contribution < 1.29 is 9.53 Å². The van der Waals surface area contributed by atoms with E-state index in [1.165, 1.54) is 0 Å². The van der Waals surface area contributed by atoms with Crippen LogP contribution in [0.2, 0.25) is 0 Å². The van der Waals surface area contributed by atoms with Crippen LogP contribution in [-0.4, -0.2) is 18.3 Å². The highest BCUT2D eigenvalue weighted by Gasteiger charge is 2.41. The Morgan fingerprint density at radius 2 is 2.19 bits per heavy atom. The number of carbonyl (C=O) groups is 1. The number of aliphatic imine (C=N–C) groups is 1. The number of alkyl halides is 1. The van der Waals surface area contributed by atoms with Gasteiger partial charge in [-0.3, -0.25) is 0 Å². The molecule has 0 saturated carbocycles. The second kappa shape index (κ2) is 3.91. The zero-order valence-electron chi connectivity index (χ0n) is 9.16. The zero-order valence-corrected chi connectivity index (χ0v) is 9.91. The van der Waals surface area contributed by atoms with E-state index in [4.69, 9.17) is 16.3 Å². The second-order valence-electron chi connectivity index (χ2n) is 3.70. The summed E-state index contributed by atoms with van der Waals surface area (Å²) in [5.74, 6) is -0.448. The number of esters is 1. The average molecular weight is 238 g/mol. The lowest BCUT2D eigenvalue weighted by atomic mass is 9.97. The monoisotopic (exact) mass is 237 g/mol. The summed E-state index contributed by atoms with van der Waals surface area (Å²) in [6.45, 7) is 3.84. The van der Waals surface area contributed by atoms with Gasteiger partial charge in [0.05, 0.1) is 12.3 Å². The van der Waals surface area contributed by atoms with E-state index in [2.05, 4.69) is 4.99 Å². The molecule has 0 saturated heterocycles. The van der Waals surface area contributed by atoms with E-state index in [9.17, 15) is 4.79 Å². The highest BCUT2D eigenvalue weighted by atomic mass is 35.5. The van der Waals surface area contributed by atoms with Gasteiger partial charge in [0.25, 0.3) is 0 Å². The molecule has 0 spiro atoms. The molecule has 0 aromatic heterocycles. The number of hydrogen-bond acceptors (Lipinski definition) is 3. The Kier molecular flexibility index (Phi) is 2.72. The summed E-state index contributed by atoms with van der Waals surface area (Å²) in [6.07, 6.45) is 0. The van der Waals surface area contributed by atoms with E-state index in [0.717, 1.165) is 11.3 Å². The third kappa shape index (κ3) is 1.61. The average Bonchev–Trinajstić information content (AvgIpc) is 2.52. The minimum atomic E-state index is -0.886. The van der Waals surface area contributed by atoms with E-state index in [1.807, 2.05) is 24.3 Å². The lowest BCUT2D eigenvalue weighted by Gasteiger charge is -2.17. The van der Waals surface area contributed by atoms with Gasteiger partial charge in [-0.25, -0.2) is 9.79 Å². The zero-order chi connectivity index (χ0) is 11.8. The van der Waals surface area contributed by atoms with E-state index in [1.54, 1.807) is 13.8 Å². The Morgan fingerprint density at radius 3 is 2.81 bits per heavy atom. The first-order valence-corrected chi connectivity index (χ1v) is 5.50. The first-order valence-electron chi connectivity index (χ1n) is 5.12. The molecular weight excluding hydrogens is 226 g/mol. The summed E-state index contributed by atoms with van der Waals surface area (Å²) in [5, 5.41) is 0. The van der Waals surface area contributed by atoms with Gasteiger partial charge in [0, 0.05) is 5.56 Å². The Balaban J connectivity index is 2.42. The Morgan fingerprint density at radius 1 is 1.50 bits per heavy atom. The van der Waals surface area contributed by atoms with Crippen LogP contribution >= 0.6 is 11.6 Å². The maximum absolute atomic E-state index is 11.7. The summed E-state index contributed by atoms with van der Waals surface area (Å²) >= 11 is 6.36. The Labute approximate surface area is 99.1 Å². The number of ether oxygens (including phenoxy) is 1. The molecule has 0 aliphatic carbocycles. The number of rotatable bonds is 2. The van der Waals surface area contributed by atoms with Gasteiger partial charge in [-0.05, 0) is 19.9 Å². The summed E-state index contributed by atoms with van der Waals surface area (Å²) in [6, 6.07) is 7.45. The number of fused-ring (bicyclic) bond motifs is 1. The number of para-hydroxylation sites is 1. The summed E-state index contributed by atoms with van der Waals surface area (Å²) in [7, 11) is 0. The normalized spacial score (nSPS) is 22.6. The highest BCUT2D eigenvalue weighted by molar-refractivity contribution is 6.53. The van der Waals surface area contributed by atoms with Gasteiger partial charge in [0.1, 0.15) is 4.87 Å². The van der Waals surface area contributed by atoms with Gasteiger partial charge < -0.3 is 4.74 Å². The molecule has 0 amide bonds. The van der Waals surface area contributed by atoms with Gasteiger partial charge in [-0.1, -0.05) is 18.2 Å². The summed E-state index contributed by atoms with van der Waals surface area (Å²) < 4.78 is 4.94. The largest absolute Gasteiger partial charge is 0.461 e. The molecule has 0 bridgehead atoms. The van der Waals surface area contributed by atoms with Crippen LogP contribution in [0.1, 0.15) is 19.4 Å². The standard InChI is InChI=1S/C12H12ClNO2/c1-3-16-11(15)10-12(2,13)8-6-4-5-7-9(8)14-10/h4-7H,3H2,1-2H3. The van der Waals surface area contributed by atoms with Gasteiger partial charge >= 0.3 is 5.97 Å². The fourth-order valence-corrected chi connectivity index (χ4v) is 2.04. The lowest BCUT2D eigenvalue weighted by molar-refractivity contribution is -0.135. The number of carbonyl (C=O) groups excluding carboxylic acids is 1. The first-order chi connectivity index (χ1) is 7.57. The molecule has 1 aromatic carbocycles. The molecule has 2 rings (SSSR count). The molecule has 16 heavy (non-hydrogen) atoms. The molecule has 3 nitrogen and oxygen atoms in total. The van der Waals surface area contributed by atoms with Crippen LogP contribution in [0.15, 0.2) is 29.3 Å². The van der Waals surface area contributed by atoms with Crippen molar-refractivity contribution in [1.82, 2.24) is 0 Å². The fraction of sp³-hybridized carbons (Fsp3) is 0.333. The quantitative estimate of drug-likeness (QED) is 0.586. The fourth-order valence-electron chi connectivity index (χ4n) is 1.76. The van der Waals surface area contributed by atoms with Crippen LogP contribution in [0.4, 0.5) is 5.69 Å². The first kappa shape index (κ1) is 11.1. The smallest absolute Gasteiger partial charge is 0.354 e. The van der Waals surface area contributed by atoms with Gasteiger partial charge in [0.15, 0.2) is 5.71 Å². The van der Waals surface area contributed by atoms with Crippen molar-refractivity contribution in [3.8, 4) is 0 Å². The Bertz CT molecular complexity index is 466. The van der Waals surface area contributed by atoms with Crippen LogP contribution in [0.25, 0.3) is 0 Å². The molecule has 1 aliphatic heterocycles. The lowest BCUT2D eigenvalue weighted by Crippen LogP contribution is -2.31. The van der Waals surface area contributed by atoms with E-state index >= 15 is 0 Å². The van der Waals surface area contributed by atoms with E-state index in [-0.39, 0.29) is 5.71 Å². The van der Waals surface area contributed by atoms with Gasteiger partial charge in [0.2, 0.25) is 0 Å². The van der Waals surface area contributed by atoms with Crippen molar-refractivity contribution in [2.75, 3.05) is 6.61 Å². The van der Waals surface area contributed by atoms with Crippen molar-refractivity contribution in [1.29, 1.82) is 0 Å². The van der Waals surface area contributed by atoms with E-state index < -0.39 is 10.8 Å². The Hall–Kier alpha value is -1.35. The van der Waals surface area contributed by atoms with Crippen molar-refractivity contribution in [3.05, 3.63) is 29.8 Å². The third-order valence-corrected chi connectivity index (χ3v) is 2.94. The van der Waals surface area contributed by atoms with Crippen molar-refractivity contribution in [2.24, 2.45) is 4.99 Å². The molecule has 1 aliphatic rings. The maximum atomic E-state index is 11.7. The summed E-state index contributed by atoms with van der Waals surface area (Å²) in [5.41, 5.74) is 1.85. The molecule has 1 heterocycles. The van der Waals surface area contributed by atoms with Crippen LogP contribution in [0.5, 0.6) is 0 Å². The highest BCUT2D eigenvalue weighted by Crippen LogP contribution is 2.43. The molecule has 84 valence electrons. The predicted octanol–water partition coefficient (Wildman–Crippen LogP) is 2.79. The van der Waals surface area contributed by atoms with E-state index in [0.29, 0.717) is 6.61 Å². The van der Waals surface area contributed by atoms with Gasteiger partial charge in [-0.15, -0.1) is 11.6 Å². The topological polar surface area (TPSA) is 38.7 Å². The number of hydrogen-bond donors (Lipinski definition) is 0. The minimum Gasteiger partial charge on any atom is -0.461 e. The molecule has 1 unspecified atom stereocenters. The second-order valence-corrected chi connectivity index (χ2v) is 4.46. The van der Waals surface area contributed by atoms with Crippen LogP contribution < -0.4 is 0 Å². The molecule has 1 aromatic rings. The molecule has 1 atom stereocenters. The molecule has 0 radical (unpaired) electrons. The van der Waals surface area contributed by atoms with Crippen molar-refractivity contribution in [3.63, 3.8) is 0 Å². The third-order valence-electron chi connectivity index (χ3n) is 2.56. The molecule has 0 N–H and O–H groups in total. The number of benzene rings is 1. The van der Waals surface area contributed by atoms with Crippen LogP contribution in [0.3, 0.4) is 0 Å². The number of nitrogens with zero attached hydrogens (tertiary/aromatic N) is 1. The van der Waals surface area contributed by atoms with Gasteiger partial charge in [-0.2, -0.15) is 0 Å². The summed E-state index contributed by atoms with van der Waals surface area (Å²) in [4.78, 5) is 15.0. The minimum absolute atomic E-state index is 0.261. The molecule has 4 heteroatoms. The van der Waals surface area contributed by atoms with Crippen LogP contribution in [0, 0.1) is 0 Å². The van der Waals surface area contributed by atoms with Crippen molar-refractivity contribution >= 4 is 29.0 Å². The SMILES string of the molecule is CCOC(=O)C1=Nc2ccccc2C1(C)Cl. The number of halogens is 1.